The van der Waals surface area contributed by atoms with Gasteiger partial charge < -0.3 is 24.5 Å². The third-order valence-corrected chi connectivity index (χ3v) is 8.41. The number of carbonyl (C=O) groups is 1. The fourth-order valence-electron chi connectivity index (χ4n) is 6.03. The number of aromatic nitrogens is 6. The maximum atomic E-state index is 13.3. The first-order chi connectivity index (χ1) is 20.4. The topological polar surface area (TPSA) is 109 Å². The number of carbonyl (C=O) groups excluding carboxylic acids is 1. The van der Waals surface area contributed by atoms with Crippen LogP contribution >= 0.6 is 0 Å². The summed E-state index contributed by atoms with van der Waals surface area (Å²) in [5.41, 5.74) is 11.3. The molecule has 3 aromatic heterocycles. The summed E-state index contributed by atoms with van der Waals surface area (Å²) in [7, 11) is 2.03. The van der Waals surface area contributed by atoms with E-state index in [0.29, 0.717) is 37.6 Å². The lowest BCUT2D eigenvalue weighted by Gasteiger charge is -2.30. The molecule has 2 N–H and O–H groups in total. The number of halogens is 1. The van der Waals surface area contributed by atoms with Crippen molar-refractivity contribution >= 4 is 27.8 Å². The Hall–Kier alpha value is -4.25. The van der Waals surface area contributed by atoms with Gasteiger partial charge in [0.25, 0.3) is 5.91 Å². The molecule has 1 aliphatic heterocycles. The van der Waals surface area contributed by atoms with Gasteiger partial charge in [0.15, 0.2) is 5.82 Å². The van der Waals surface area contributed by atoms with Crippen LogP contribution in [0.3, 0.4) is 0 Å². The molecular weight excluding hydrogens is 535 g/mol. The van der Waals surface area contributed by atoms with Crippen molar-refractivity contribution in [3.8, 4) is 17.3 Å². The lowest BCUT2D eigenvalue weighted by molar-refractivity contribution is 0.0725. The Balaban J connectivity index is 1.26. The Morgan fingerprint density at radius 1 is 1.21 bits per heavy atom. The van der Waals surface area contributed by atoms with E-state index in [1.165, 1.54) is 12.8 Å². The molecule has 1 atom stereocenters. The predicted octanol–water partition coefficient (Wildman–Crippen LogP) is 3.88. The molecule has 0 radical (unpaired) electrons. The van der Waals surface area contributed by atoms with Crippen LogP contribution < -0.4 is 10.5 Å². The Morgan fingerprint density at radius 2 is 2.07 bits per heavy atom. The van der Waals surface area contributed by atoms with Gasteiger partial charge in [-0.25, -0.2) is 19.0 Å². The maximum absolute atomic E-state index is 13.3. The van der Waals surface area contributed by atoms with E-state index in [1.54, 1.807) is 15.9 Å². The molecule has 10 nitrogen and oxygen atoms in total. The summed E-state index contributed by atoms with van der Waals surface area (Å²) < 4.78 is 25.6. The van der Waals surface area contributed by atoms with E-state index in [-0.39, 0.29) is 12.5 Å². The van der Waals surface area contributed by atoms with Gasteiger partial charge in [-0.15, -0.1) is 0 Å². The zero-order valence-corrected chi connectivity index (χ0v) is 24.0. The summed E-state index contributed by atoms with van der Waals surface area (Å²) in [6, 6.07) is 11.7. The van der Waals surface area contributed by atoms with Gasteiger partial charge >= 0.3 is 0 Å². The van der Waals surface area contributed by atoms with Gasteiger partial charge in [0.05, 0.1) is 34.8 Å². The molecule has 7 rings (SSSR count). The molecule has 11 heteroatoms. The second-order valence-electron chi connectivity index (χ2n) is 11.6. The van der Waals surface area contributed by atoms with E-state index in [1.807, 2.05) is 32.2 Å². The molecule has 2 aliphatic rings. The lowest BCUT2D eigenvalue weighted by atomic mass is 9.97. The molecule has 1 amide bonds. The Morgan fingerprint density at radius 3 is 2.83 bits per heavy atom. The number of fused-ring (bicyclic) bond motifs is 3. The van der Waals surface area contributed by atoms with Gasteiger partial charge in [-0.2, -0.15) is 5.10 Å². The van der Waals surface area contributed by atoms with E-state index in [4.69, 9.17) is 15.5 Å². The summed E-state index contributed by atoms with van der Waals surface area (Å²) in [6.45, 7) is 3.95. The molecule has 5 aromatic rings. The van der Waals surface area contributed by atoms with Crippen molar-refractivity contribution in [2.45, 2.75) is 45.3 Å². The molecule has 218 valence electrons. The summed E-state index contributed by atoms with van der Waals surface area (Å²) in [5, 5.41) is 5.46. The van der Waals surface area contributed by atoms with Crippen LogP contribution in [0.15, 0.2) is 42.7 Å². The highest BCUT2D eigenvalue weighted by atomic mass is 19.1. The minimum absolute atomic E-state index is 0.111. The number of para-hydroxylation sites is 1. The minimum Gasteiger partial charge on any atom is -0.489 e. The van der Waals surface area contributed by atoms with Crippen molar-refractivity contribution in [2.24, 2.45) is 18.7 Å². The van der Waals surface area contributed by atoms with Crippen LogP contribution in [-0.4, -0.2) is 72.1 Å². The second-order valence-corrected chi connectivity index (χ2v) is 11.6. The van der Waals surface area contributed by atoms with Crippen molar-refractivity contribution in [3.63, 3.8) is 0 Å². The van der Waals surface area contributed by atoms with Crippen molar-refractivity contribution in [1.29, 1.82) is 0 Å². The average Bonchev–Trinajstić information content (AvgIpc) is 3.47. The quantitative estimate of drug-likeness (QED) is 0.273. The fourth-order valence-corrected chi connectivity index (χ4v) is 6.03. The lowest BCUT2D eigenvalue weighted by Crippen LogP contribution is -2.45. The first kappa shape index (κ1) is 26.6. The number of nitrogens with zero attached hydrogens (tertiary/aromatic N) is 7. The highest BCUT2D eigenvalue weighted by Crippen LogP contribution is 2.39. The number of nitrogens with two attached hydrogens (primary N) is 1. The number of imidazole rings is 1. The smallest absolute Gasteiger partial charge is 0.254 e. The molecule has 0 bridgehead atoms. The number of aryl methyl sites for hydroxylation is 2. The van der Waals surface area contributed by atoms with Crippen LogP contribution in [-0.2, 0) is 26.6 Å². The molecule has 0 unspecified atom stereocenters. The largest absolute Gasteiger partial charge is 0.489 e. The monoisotopic (exact) mass is 570 g/mol. The van der Waals surface area contributed by atoms with Gasteiger partial charge in [0, 0.05) is 37.6 Å². The first-order valence-electron chi connectivity index (χ1n) is 14.6. The van der Waals surface area contributed by atoms with Gasteiger partial charge in [0.1, 0.15) is 31.2 Å². The molecule has 2 aromatic carbocycles. The van der Waals surface area contributed by atoms with E-state index in [0.717, 1.165) is 57.1 Å². The maximum Gasteiger partial charge on any atom is 0.254 e. The van der Waals surface area contributed by atoms with Gasteiger partial charge in [0.2, 0.25) is 0 Å². The summed E-state index contributed by atoms with van der Waals surface area (Å²) in [4.78, 5) is 24.2. The summed E-state index contributed by atoms with van der Waals surface area (Å²) >= 11 is 0. The van der Waals surface area contributed by atoms with Gasteiger partial charge in [-0.05, 0) is 61.9 Å². The summed E-state index contributed by atoms with van der Waals surface area (Å²) in [6.07, 6.45) is 4.86. The third-order valence-electron chi connectivity index (χ3n) is 8.41. The van der Waals surface area contributed by atoms with Crippen LogP contribution in [0.5, 0.6) is 5.75 Å². The van der Waals surface area contributed by atoms with Gasteiger partial charge in [-0.1, -0.05) is 12.1 Å². The van der Waals surface area contributed by atoms with Crippen LogP contribution in [0, 0.1) is 12.8 Å². The van der Waals surface area contributed by atoms with Crippen molar-refractivity contribution < 1.29 is 13.9 Å². The number of rotatable bonds is 10. The molecule has 1 fully saturated rings. The van der Waals surface area contributed by atoms with E-state index < -0.39 is 12.7 Å². The molecule has 4 heterocycles. The van der Waals surface area contributed by atoms with Crippen LogP contribution in [0.25, 0.3) is 33.5 Å². The van der Waals surface area contributed by atoms with Crippen LogP contribution in [0.4, 0.5) is 4.39 Å². The Kier molecular flexibility index (Phi) is 6.69. The zero-order valence-electron chi connectivity index (χ0n) is 24.0. The average molecular weight is 571 g/mol. The number of hydrogen-bond acceptors (Lipinski definition) is 6. The predicted molar refractivity (Wildman–Crippen MR) is 158 cm³/mol. The number of alkyl halides is 1. The Labute approximate surface area is 242 Å². The standard InChI is InChI=1S/C31H35FN8O2/c1-19-34-18-39(36-19)10-11-42-28-5-3-4-22-13-27(40(29(22)28)16-20-6-7-20)30-35-25-14-24-21(12-26(25)37(30)2)8-9-38(31(24)41)17-23(33)15-32/h3-5,12-14,18,20,23H,6-11,15-17,33H2,1-2H3/t23-/m1/s1. The van der Waals surface area contributed by atoms with E-state index in [2.05, 4.69) is 37.4 Å². The van der Waals surface area contributed by atoms with Crippen LogP contribution in [0.2, 0.25) is 0 Å². The van der Waals surface area contributed by atoms with Gasteiger partial charge in [-0.3, -0.25) is 4.79 Å². The first-order valence-corrected chi connectivity index (χ1v) is 14.6. The molecule has 1 aliphatic carbocycles. The number of ether oxygens (including phenoxy) is 1. The molecule has 1 saturated carbocycles. The number of benzene rings is 2. The zero-order chi connectivity index (χ0) is 29.0. The second kappa shape index (κ2) is 10.5. The van der Waals surface area contributed by atoms with Crippen LogP contribution in [0.1, 0.15) is 34.6 Å². The van der Waals surface area contributed by atoms with Crippen molar-refractivity contribution in [2.75, 3.05) is 26.4 Å². The number of hydrogen-bond donors (Lipinski definition) is 1. The molecule has 0 saturated heterocycles. The SMILES string of the molecule is Cc1ncn(CCOc2cccc3cc(-c4nc5cc6c(cc5n4C)CCN(C[C@H](N)CF)C6=O)n(CC4CC4)c23)n1. The summed E-state index contributed by atoms with van der Waals surface area (Å²) in [5.74, 6) is 2.94. The fraction of sp³-hybridized carbons (Fsp3) is 0.419. The van der Waals surface area contributed by atoms with Crippen molar-refractivity contribution in [3.05, 3.63) is 59.7 Å². The van der Waals surface area contributed by atoms with Crippen molar-refractivity contribution in [1.82, 2.24) is 33.8 Å². The number of amides is 1. The highest BCUT2D eigenvalue weighted by molar-refractivity contribution is 6.01. The molecule has 0 spiro atoms. The van der Waals surface area contributed by atoms with E-state index in [9.17, 15) is 9.18 Å². The Bertz CT molecular complexity index is 1800. The third kappa shape index (κ3) is 4.81. The minimum atomic E-state index is -0.672. The molecule has 42 heavy (non-hydrogen) atoms. The normalized spacial score (nSPS) is 16.0. The van der Waals surface area contributed by atoms with E-state index >= 15 is 0 Å². The molecular formula is C31H35FN8O2. The highest BCUT2D eigenvalue weighted by Gasteiger charge is 2.29.